The highest BCUT2D eigenvalue weighted by Crippen LogP contribution is 2.09. The van der Waals surface area contributed by atoms with Crippen LogP contribution in [-0.2, 0) is 4.79 Å². The fraction of sp³-hybridized carbons (Fsp3) is 0.333. The van der Waals surface area contributed by atoms with Crippen molar-refractivity contribution >= 4 is 22.4 Å². The molecule has 14 heavy (non-hydrogen) atoms. The van der Waals surface area contributed by atoms with E-state index in [-0.39, 0.29) is 5.91 Å². The van der Waals surface area contributed by atoms with E-state index >= 15 is 0 Å². The number of carbonyl (C=O) groups is 1. The molecule has 0 bridgehead atoms. The summed E-state index contributed by atoms with van der Waals surface area (Å²) in [5.74, 6) is 1.63. The zero-order valence-electron chi connectivity index (χ0n) is 7.62. The van der Waals surface area contributed by atoms with Gasteiger partial charge >= 0.3 is 0 Å². The molecule has 0 unspecified atom stereocenters. The minimum atomic E-state index is -0.362. The SMILES string of the molecule is C#CC(=O)NCCCNc1nccs1. The quantitative estimate of drug-likeness (QED) is 0.554. The number of carbonyl (C=O) groups excluding carboxylic acids is 1. The number of hydrogen-bond donors (Lipinski definition) is 2. The smallest absolute Gasteiger partial charge is 0.295 e. The van der Waals surface area contributed by atoms with E-state index in [0.717, 1.165) is 18.1 Å². The van der Waals surface area contributed by atoms with Crippen LogP contribution in [0, 0.1) is 12.3 Å². The molecule has 1 aromatic rings. The Morgan fingerprint density at radius 3 is 3.14 bits per heavy atom. The predicted molar refractivity (Wildman–Crippen MR) is 57.1 cm³/mol. The van der Waals surface area contributed by atoms with Crippen molar-refractivity contribution in [2.75, 3.05) is 18.4 Å². The van der Waals surface area contributed by atoms with Crippen LogP contribution >= 0.6 is 11.3 Å². The Morgan fingerprint density at radius 2 is 2.50 bits per heavy atom. The van der Waals surface area contributed by atoms with Crippen LogP contribution in [0.15, 0.2) is 11.6 Å². The number of aromatic nitrogens is 1. The minimum absolute atomic E-state index is 0.362. The van der Waals surface area contributed by atoms with E-state index in [2.05, 4.69) is 15.6 Å². The van der Waals surface area contributed by atoms with Gasteiger partial charge in [-0.2, -0.15) is 0 Å². The molecule has 1 rings (SSSR count). The Morgan fingerprint density at radius 1 is 1.64 bits per heavy atom. The van der Waals surface area contributed by atoms with E-state index in [1.165, 1.54) is 0 Å². The first-order chi connectivity index (χ1) is 6.83. The average Bonchev–Trinajstić information content (AvgIpc) is 2.69. The van der Waals surface area contributed by atoms with Gasteiger partial charge in [0, 0.05) is 24.7 Å². The fourth-order valence-corrected chi connectivity index (χ4v) is 1.41. The van der Waals surface area contributed by atoms with Gasteiger partial charge in [-0.15, -0.1) is 17.8 Å². The van der Waals surface area contributed by atoms with Crippen molar-refractivity contribution in [3.05, 3.63) is 11.6 Å². The first-order valence-electron chi connectivity index (χ1n) is 4.20. The Hall–Kier alpha value is -1.54. The number of nitrogens with one attached hydrogen (secondary N) is 2. The highest BCUT2D eigenvalue weighted by molar-refractivity contribution is 7.13. The second-order valence-corrected chi connectivity index (χ2v) is 3.41. The number of thiazole rings is 1. The van der Waals surface area contributed by atoms with Crippen molar-refractivity contribution in [2.24, 2.45) is 0 Å². The number of anilines is 1. The lowest BCUT2D eigenvalue weighted by Crippen LogP contribution is -2.23. The van der Waals surface area contributed by atoms with Crippen molar-refractivity contribution < 1.29 is 4.79 Å². The maximum absolute atomic E-state index is 10.6. The number of amides is 1. The topological polar surface area (TPSA) is 54.0 Å². The lowest BCUT2D eigenvalue weighted by molar-refractivity contribution is -0.115. The molecule has 0 saturated carbocycles. The van der Waals surface area contributed by atoms with Crippen LogP contribution in [0.5, 0.6) is 0 Å². The van der Waals surface area contributed by atoms with Crippen LogP contribution in [-0.4, -0.2) is 24.0 Å². The van der Waals surface area contributed by atoms with Crippen LogP contribution in [0.1, 0.15) is 6.42 Å². The second-order valence-electron chi connectivity index (χ2n) is 2.52. The zero-order valence-corrected chi connectivity index (χ0v) is 8.43. The lowest BCUT2D eigenvalue weighted by Gasteiger charge is -2.02. The molecule has 0 radical (unpaired) electrons. The van der Waals surface area contributed by atoms with Crippen molar-refractivity contribution in [3.8, 4) is 12.3 Å². The van der Waals surface area contributed by atoms with Crippen LogP contribution in [0.25, 0.3) is 0 Å². The predicted octanol–water partition coefficient (Wildman–Crippen LogP) is 0.694. The average molecular weight is 209 g/mol. The maximum atomic E-state index is 10.6. The molecule has 0 aliphatic rings. The van der Waals surface area contributed by atoms with Crippen molar-refractivity contribution in [1.82, 2.24) is 10.3 Å². The largest absolute Gasteiger partial charge is 0.361 e. The first-order valence-corrected chi connectivity index (χ1v) is 5.08. The molecule has 0 atom stereocenters. The summed E-state index contributed by atoms with van der Waals surface area (Å²) in [5.41, 5.74) is 0. The van der Waals surface area contributed by atoms with Gasteiger partial charge in [-0.1, -0.05) is 0 Å². The van der Waals surface area contributed by atoms with E-state index in [1.807, 2.05) is 11.3 Å². The van der Waals surface area contributed by atoms with Crippen molar-refractivity contribution in [3.63, 3.8) is 0 Å². The summed E-state index contributed by atoms with van der Waals surface area (Å²) in [6.45, 7) is 1.36. The maximum Gasteiger partial charge on any atom is 0.295 e. The van der Waals surface area contributed by atoms with E-state index < -0.39 is 0 Å². The third-order valence-corrected chi connectivity index (χ3v) is 2.21. The fourth-order valence-electron chi connectivity index (χ4n) is 0.847. The Balaban J connectivity index is 2.01. The normalized spacial score (nSPS) is 9.07. The van der Waals surface area contributed by atoms with E-state index in [4.69, 9.17) is 6.42 Å². The van der Waals surface area contributed by atoms with Crippen molar-refractivity contribution in [2.45, 2.75) is 6.42 Å². The number of rotatable bonds is 5. The van der Waals surface area contributed by atoms with Gasteiger partial charge < -0.3 is 10.6 Å². The molecule has 74 valence electrons. The standard InChI is InChI=1S/C9H11N3OS/c1-2-8(13)10-4-3-5-11-9-12-6-7-14-9/h1,6-7H,3-5H2,(H,10,13)(H,11,12). The van der Waals surface area contributed by atoms with Gasteiger partial charge in [0.2, 0.25) is 0 Å². The van der Waals surface area contributed by atoms with E-state index in [9.17, 15) is 4.79 Å². The lowest BCUT2D eigenvalue weighted by atomic mass is 10.4. The molecule has 0 aliphatic carbocycles. The highest BCUT2D eigenvalue weighted by Gasteiger charge is 1.94. The van der Waals surface area contributed by atoms with Crippen LogP contribution in [0.2, 0.25) is 0 Å². The third-order valence-electron chi connectivity index (χ3n) is 1.48. The summed E-state index contributed by atoms with van der Waals surface area (Å²) in [7, 11) is 0. The third kappa shape index (κ3) is 3.92. The summed E-state index contributed by atoms with van der Waals surface area (Å²) in [6.07, 6.45) is 7.45. The number of nitrogens with zero attached hydrogens (tertiary/aromatic N) is 1. The first kappa shape index (κ1) is 10.5. The summed E-state index contributed by atoms with van der Waals surface area (Å²) in [5, 5.41) is 8.50. The molecular weight excluding hydrogens is 198 g/mol. The summed E-state index contributed by atoms with van der Waals surface area (Å²) >= 11 is 1.55. The van der Waals surface area contributed by atoms with E-state index in [1.54, 1.807) is 17.5 Å². The number of hydrogen-bond acceptors (Lipinski definition) is 4. The number of terminal acetylenes is 1. The van der Waals surface area contributed by atoms with Crippen molar-refractivity contribution in [1.29, 1.82) is 0 Å². The summed E-state index contributed by atoms with van der Waals surface area (Å²) < 4.78 is 0. The highest BCUT2D eigenvalue weighted by atomic mass is 32.1. The molecule has 1 amide bonds. The monoisotopic (exact) mass is 209 g/mol. The van der Waals surface area contributed by atoms with Gasteiger partial charge in [0.15, 0.2) is 5.13 Å². The molecule has 0 aliphatic heterocycles. The molecule has 0 aromatic carbocycles. The van der Waals surface area contributed by atoms with Gasteiger partial charge in [0.05, 0.1) is 0 Å². The molecule has 0 saturated heterocycles. The molecule has 4 nitrogen and oxygen atoms in total. The van der Waals surface area contributed by atoms with Crippen LogP contribution in [0.3, 0.4) is 0 Å². The van der Waals surface area contributed by atoms with Gasteiger partial charge in [-0.05, 0) is 12.3 Å². The molecule has 0 fully saturated rings. The van der Waals surface area contributed by atoms with Crippen LogP contribution < -0.4 is 10.6 Å². The zero-order chi connectivity index (χ0) is 10.2. The van der Waals surface area contributed by atoms with Gasteiger partial charge in [0.1, 0.15) is 0 Å². The Bertz CT molecular complexity index is 315. The van der Waals surface area contributed by atoms with E-state index in [0.29, 0.717) is 6.54 Å². The van der Waals surface area contributed by atoms with Crippen LogP contribution in [0.4, 0.5) is 5.13 Å². The minimum Gasteiger partial charge on any atom is -0.361 e. The Kier molecular flexibility index (Phi) is 4.51. The van der Waals surface area contributed by atoms with Gasteiger partial charge in [-0.25, -0.2) is 4.98 Å². The molecular formula is C9H11N3OS. The summed E-state index contributed by atoms with van der Waals surface area (Å²) in [6, 6.07) is 0. The second kappa shape index (κ2) is 6.00. The van der Waals surface area contributed by atoms with Gasteiger partial charge in [0.25, 0.3) is 5.91 Å². The molecule has 1 heterocycles. The molecule has 5 heteroatoms. The molecule has 0 spiro atoms. The summed E-state index contributed by atoms with van der Waals surface area (Å²) in [4.78, 5) is 14.7. The molecule has 1 aromatic heterocycles. The van der Waals surface area contributed by atoms with Gasteiger partial charge in [-0.3, -0.25) is 4.79 Å². The molecule has 2 N–H and O–H groups in total. The Labute approximate surface area is 86.7 Å².